The normalized spacial score (nSPS) is 19.1. The number of nitrogens with zero attached hydrogens (tertiary/aromatic N) is 3. The van der Waals surface area contributed by atoms with Crippen molar-refractivity contribution in [2.45, 2.75) is 51.6 Å². The van der Waals surface area contributed by atoms with Gasteiger partial charge in [0.25, 0.3) is 5.91 Å². The van der Waals surface area contributed by atoms with Gasteiger partial charge in [-0.15, -0.1) is 0 Å². The van der Waals surface area contributed by atoms with E-state index in [1.54, 1.807) is 0 Å². The predicted molar refractivity (Wildman–Crippen MR) is 109 cm³/mol. The number of aliphatic carboxylic acids is 1. The third kappa shape index (κ3) is 5.55. The van der Waals surface area contributed by atoms with Gasteiger partial charge < -0.3 is 10.0 Å². The van der Waals surface area contributed by atoms with E-state index in [9.17, 15) is 9.59 Å². The summed E-state index contributed by atoms with van der Waals surface area (Å²) >= 11 is 0. The van der Waals surface area contributed by atoms with Gasteiger partial charge in [-0.2, -0.15) is 0 Å². The Balaban J connectivity index is 1.53. The van der Waals surface area contributed by atoms with E-state index in [1.165, 1.54) is 12.0 Å². The van der Waals surface area contributed by atoms with Gasteiger partial charge in [0.05, 0.1) is 6.54 Å². The molecular formula is C22H33N3O3. The molecule has 0 bridgehead atoms. The highest BCUT2D eigenvalue weighted by molar-refractivity contribution is 5.94. The lowest BCUT2D eigenvalue weighted by molar-refractivity contribution is -0.139. The minimum Gasteiger partial charge on any atom is -0.480 e. The van der Waals surface area contributed by atoms with E-state index in [2.05, 4.69) is 15.9 Å². The van der Waals surface area contributed by atoms with Gasteiger partial charge in [-0.3, -0.25) is 19.4 Å². The van der Waals surface area contributed by atoms with Gasteiger partial charge in [0.1, 0.15) is 0 Å². The number of piperidine rings is 2. The number of carbonyl (C=O) groups is 2. The summed E-state index contributed by atoms with van der Waals surface area (Å²) in [5.74, 6) is -0.591. The van der Waals surface area contributed by atoms with Crippen molar-refractivity contribution in [3.05, 3.63) is 35.4 Å². The van der Waals surface area contributed by atoms with E-state index in [0.29, 0.717) is 6.04 Å². The molecule has 2 aliphatic heterocycles. The summed E-state index contributed by atoms with van der Waals surface area (Å²) in [5, 5.41) is 9.07. The quantitative estimate of drug-likeness (QED) is 0.779. The molecule has 1 N–H and O–H groups in total. The number of rotatable bonds is 7. The van der Waals surface area contributed by atoms with Crippen LogP contribution in [0.5, 0.6) is 0 Å². The van der Waals surface area contributed by atoms with Crippen LogP contribution in [0.3, 0.4) is 0 Å². The summed E-state index contributed by atoms with van der Waals surface area (Å²) in [6.07, 6.45) is 5.43. The molecule has 2 fully saturated rings. The number of likely N-dealkylation sites (N-methyl/N-ethyl adjacent to an activating group) is 1. The Morgan fingerprint density at radius 1 is 1.11 bits per heavy atom. The summed E-state index contributed by atoms with van der Waals surface area (Å²) in [6.45, 7) is 7.45. The van der Waals surface area contributed by atoms with Crippen molar-refractivity contribution in [1.82, 2.24) is 14.7 Å². The fourth-order valence-corrected chi connectivity index (χ4v) is 4.46. The predicted octanol–water partition coefficient (Wildman–Crippen LogP) is 2.68. The first-order chi connectivity index (χ1) is 13.6. The molecule has 3 rings (SSSR count). The van der Waals surface area contributed by atoms with Crippen molar-refractivity contribution in [2.24, 2.45) is 0 Å². The molecule has 1 aromatic rings. The van der Waals surface area contributed by atoms with Crippen LogP contribution in [0.25, 0.3) is 0 Å². The lowest BCUT2D eigenvalue weighted by Gasteiger charge is -2.37. The summed E-state index contributed by atoms with van der Waals surface area (Å²) in [6, 6.07) is 8.42. The van der Waals surface area contributed by atoms with Gasteiger partial charge in [0.15, 0.2) is 0 Å². The van der Waals surface area contributed by atoms with Crippen LogP contribution in [-0.4, -0.2) is 77.0 Å². The second kappa shape index (κ2) is 10.0. The summed E-state index contributed by atoms with van der Waals surface area (Å²) in [5.41, 5.74) is 1.98. The number of carboxylic acid groups (broad SMARTS) is 1. The topological polar surface area (TPSA) is 64.1 Å². The smallest absolute Gasteiger partial charge is 0.317 e. The van der Waals surface area contributed by atoms with Gasteiger partial charge in [-0.05, 0) is 69.4 Å². The molecule has 0 spiro atoms. The van der Waals surface area contributed by atoms with Crippen molar-refractivity contribution in [3.8, 4) is 0 Å². The van der Waals surface area contributed by atoms with Crippen molar-refractivity contribution < 1.29 is 14.7 Å². The van der Waals surface area contributed by atoms with E-state index >= 15 is 0 Å². The maximum Gasteiger partial charge on any atom is 0.317 e. The zero-order chi connectivity index (χ0) is 19.9. The number of hydrogen-bond donors (Lipinski definition) is 1. The van der Waals surface area contributed by atoms with E-state index in [1.807, 2.05) is 30.0 Å². The average Bonchev–Trinajstić information content (AvgIpc) is 2.73. The number of benzene rings is 1. The van der Waals surface area contributed by atoms with E-state index < -0.39 is 5.97 Å². The first-order valence-corrected chi connectivity index (χ1v) is 10.6. The molecule has 28 heavy (non-hydrogen) atoms. The van der Waals surface area contributed by atoms with Gasteiger partial charge in [0, 0.05) is 31.2 Å². The van der Waals surface area contributed by atoms with E-state index in [0.717, 1.165) is 70.5 Å². The molecule has 0 atom stereocenters. The minimum atomic E-state index is -0.750. The lowest BCUT2D eigenvalue weighted by Crippen LogP contribution is -2.46. The molecule has 0 saturated carbocycles. The number of amides is 1. The van der Waals surface area contributed by atoms with Gasteiger partial charge in [0.2, 0.25) is 0 Å². The van der Waals surface area contributed by atoms with Crippen LogP contribution >= 0.6 is 0 Å². The molecule has 2 saturated heterocycles. The molecule has 2 heterocycles. The molecular weight excluding hydrogens is 354 g/mol. The zero-order valence-corrected chi connectivity index (χ0v) is 17.0. The second-order valence-electron chi connectivity index (χ2n) is 8.02. The van der Waals surface area contributed by atoms with Gasteiger partial charge in [-0.25, -0.2) is 0 Å². The average molecular weight is 388 g/mol. The Morgan fingerprint density at radius 2 is 1.82 bits per heavy atom. The second-order valence-corrected chi connectivity index (χ2v) is 8.02. The maximum absolute atomic E-state index is 12.7. The standard InChI is InChI=1S/C22H33N3O3/c1-2-24(17-21(26)27)20-9-13-23(14-10-20)16-18-7-6-8-19(15-18)22(28)25-11-4-3-5-12-25/h6-8,15,20H,2-5,9-14,16-17H2,1H3,(H,26,27). The fraction of sp³-hybridized carbons (Fsp3) is 0.636. The monoisotopic (exact) mass is 387 g/mol. The van der Waals surface area contributed by atoms with E-state index in [-0.39, 0.29) is 12.5 Å². The molecule has 0 aromatic heterocycles. The molecule has 6 heteroatoms. The van der Waals surface area contributed by atoms with Crippen molar-refractivity contribution in [3.63, 3.8) is 0 Å². The van der Waals surface area contributed by atoms with Crippen molar-refractivity contribution in [2.75, 3.05) is 39.3 Å². The minimum absolute atomic E-state index is 0.127. The molecule has 1 amide bonds. The number of hydrogen-bond acceptors (Lipinski definition) is 4. The van der Waals surface area contributed by atoms with Gasteiger partial charge >= 0.3 is 5.97 Å². The lowest BCUT2D eigenvalue weighted by atomic mass is 10.0. The summed E-state index contributed by atoms with van der Waals surface area (Å²) in [4.78, 5) is 30.2. The zero-order valence-electron chi connectivity index (χ0n) is 17.0. The Labute approximate surface area is 168 Å². The van der Waals surface area contributed by atoms with Crippen LogP contribution in [0.15, 0.2) is 24.3 Å². The summed E-state index contributed by atoms with van der Waals surface area (Å²) < 4.78 is 0. The van der Waals surface area contributed by atoms with Crippen LogP contribution in [-0.2, 0) is 11.3 Å². The van der Waals surface area contributed by atoms with E-state index in [4.69, 9.17) is 5.11 Å². The Hall–Kier alpha value is -1.92. The molecule has 0 aliphatic carbocycles. The fourth-order valence-electron chi connectivity index (χ4n) is 4.46. The number of likely N-dealkylation sites (tertiary alicyclic amines) is 2. The Morgan fingerprint density at radius 3 is 2.46 bits per heavy atom. The van der Waals surface area contributed by atoms with Crippen LogP contribution in [0.1, 0.15) is 54.9 Å². The van der Waals surface area contributed by atoms with Crippen molar-refractivity contribution in [1.29, 1.82) is 0 Å². The number of carbonyl (C=O) groups excluding carboxylic acids is 1. The first kappa shape index (κ1) is 20.8. The van der Waals surface area contributed by atoms with Gasteiger partial charge in [-0.1, -0.05) is 19.1 Å². The third-order valence-electron chi connectivity index (χ3n) is 6.04. The van der Waals surface area contributed by atoms with Crippen molar-refractivity contribution >= 4 is 11.9 Å². The Bertz CT molecular complexity index is 665. The highest BCUT2D eigenvalue weighted by Crippen LogP contribution is 2.20. The highest BCUT2D eigenvalue weighted by atomic mass is 16.4. The molecule has 154 valence electrons. The largest absolute Gasteiger partial charge is 0.480 e. The van der Waals surface area contributed by atoms with Crippen LogP contribution in [0.4, 0.5) is 0 Å². The Kier molecular flexibility index (Phi) is 7.45. The molecule has 1 aromatic carbocycles. The number of carboxylic acids is 1. The molecule has 0 radical (unpaired) electrons. The molecule has 6 nitrogen and oxygen atoms in total. The SMILES string of the molecule is CCN(CC(=O)O)C1CCN(Cc2cccc(C(=O)N3CCCCC3)c2)CC1. The molecule has 2 aliphatic rings. The third-order valence-corrected chi connectivity index (χ3v) is 6.04. The highest BCUT2D eigenvalue weighted by Gasteiger charge is 2.25. The summed E-state index contributed by atoms with van der Waals surface area (Å²) in [7, 11) is 0. The van der Waals surface area contributed by atoms with Crippen LogP contribution < -0.4 is 0 Å². The first-order valence-electron chi connectivity index (χ1n) is 10.6. The maximum atomic E-state index is 12.7. The van der Waals surface area contributed by atoms with Crippen LogP contribution in [0, 0.1) is 0 Å². The van der Waals surface area contributed by atoms with Crippen LogP contribution in [0.2, 0.25) is 0 Å². The molecule has 0 unspecified atom stereocenters.